The Morgan fingerprint density at radius 2 is 1.41 bits per heavy atom. The first kappa shape index (κ1) is 10.9. The fourth-order valence-electron chi connectivity index (χ4n) is 4.69. The molecule has 4 rings (SSSR count). The molecule has 94 valence electrons. The summed E-state index contributed by atoms with van der Waals surface area (Å²) in [6.07, 6.45) is 1.41. The maximum Gasteiger partial charge on any atom is 0.232 e. The van der Waals surface area contributed by atoms with Crippen molar-refractivity contribution in [1.82, 2.24) is 0 Å². The summed E-state index contributed by atoms with van der Waals surface area (Å²) in [5.41, 5.74) is -3.72. The van der Waals surface area contributed by atoms with Crippen LogP contribution in [0, 0.1) is 26.1 Å². The van der Waals surface area contributed by atoms with Crippen LogP contribution in [0.5, 0.6) is 0 Å². The Morgan fingerprint density at radius 3 is 1.76 bits per heavy atom. The topological polar surface area (TPSA) is 107 Å². The average Bonchev–Trinajstić information content (AvgIpc) is 2.12. The average molecular weight is 242 g/mol. The molecule has 2 unspecified atom stereocenters. The molecule has 4 bridgehead atoms. The third-order valence-corrected chi connectivity index (χ3v) is 4.75. The summed E-state index contributed by atoms with van der Waals surface area (Å²) < 4.78 is 0. The SMILES string of the molecule is O=[N+]([O-])C12CC3CC(O)(C1)CC([N+](=O)[O-])(C3)C2. The maximum absolute atomic E-state index is 11.2. The van der Waals surface area contributed by atoms with Crippen LogP contribution < -0.4 is 0 Å². The summed E-state index contributed by atoms with van der Waals surface area (Å²) in [5.74, 6) is -0.0768. The lowest BCUT2D eigenvalue weighted by Crippen LogP contribution is -2.70. The van der Waals surface area contributed by atoms with Crippen LogP contribution in [0.3, 0.4) is 0 Å². The van der Waals surface area contributed by atoms with Crippen molar-refractivity contribution in [3.05, 3.63) is 20.2 Å². The van der Waals surface area contributed by atoms with Crippen LogP contribution in [0.25, 0.3) is 0 Å². The van der Waals surface area contributed by atoms with Gasteiger partial charge in [0.1, 0.15) is 0 Å². The molecule has 0 amide bonds. The summed E-state index contributed by atoms with van der Waals surface area (Å²) in [6, 6.07) is 0. The molecular weight excluding hydrogens is 228 g/mol. The zero-order valence-electron chi connectivity index (χ0n) is 9.29. The van der Waals surface area contributed by atoms with Gasteiger partial charge in [-0.15, -0.1) is 0 Å². The van der Waals surface area contributed by atoms with E-state index in [0.717, 1.165) is 0 Å². The lowest BCUT2D eigenvalue weighted by atomic mass is 9.48. The van der Waals surface area contributed by atoms with E-state index in [0.29, 0.717) is 19.3 Å². The summed E-state index contributed by atoms with van der Waals surface area (Å²) in [7, 11) is 0. The molecule has 7 heteroatoms. The quantitative estimate of drug-likeness (QED) is 0.567. The van der Waals surface area contributed by atoms with E-state index in [1.54, 1.807) is 0 Å². The molecular formula is C10H14N2O5. The highest BCUT2D eigenvalue weighted by Crippen LogP contribution is 2.61. The van der Waals surface area contributed by atoms with Crippen LogP contribution in [-0.4, -0.2) is 31.6 Å². The number of nitro groups is 2. The van der Waals surface area contributed by atoms with Gasteiger partial charge >= 0.3 is 0 Å². The molecule has 0 heterocycles. The van der Waals surface area contributed by atoms with E-state index in [1.165, 1.54) is 0 Å². The van der Waals surface area contributed by atoms with Gasteiger partial charge in [-0.3, -0.25) is 20.2 Å². The smallest absolute Gasteiger partial charge is 0.232 e. The first-order chi connectivity index (χ1) is 7.79. The van der Waals surface area contributed by atoms with E-state index in [9.17, 15) is 25.3 Å². The van der Waals surface area contributed by atoms with Crippen molar-refractivity contribution in [3.8, 4) is 0 Å². The Labute approximate surface area is 97.1 Å². The minimum atomic E-state index is -1.26. The minimum Gasteiger partial charge on any atom is -0.389 e. The summed E-state index contributed by atoms with van der Waals surface area (Å²) in [6.45, 7) is 0. The Kier molecular flexibility index (Phi) is 1.77. The molecule has 2 atom stereocenters. The second-order valence-electron chi connectivity index (χ2n) is 6.20. The molecule has 0 spiro atoms. The van der Waals surface area contributed by atoms with E-state index in [2.05, 4.69) is 0 Å². The van der Waals surface area contributed by atoms with E-state index >= 15 is 0 Å². The molecule has 7 nitrogen and oxygen atoms in total. The molecule has 0 aromatic rings. The highest BCUT2D eigenvalue weighted by atomic mass is 16.6. The van der Waals surface area contributed by atoms with Crippen molar-refractivity contribution in [3.63, 3.8) is 0 Å². The number of hydrogen-bond acceptors (Lipinski definition) is 5. The lowest BCUT2D eigenvalue weighted by Gasteiger charge is -2.56. The highest BCUT2D eigenvalue weighted by molar-refractivity contribution is 5.15. The van der Waals surface area contributed by atoms with Crippen molar-refractivity contribution in [2.45, 2.75) is 55.2 Å². The fraction of sp³-hybridized carbons (Fsp3) is 1.00. The van der Waals surface area contributed by atoms with Gasteiger partial charge in [0.25, 0.3) is 0 Å². The maximum atomic E-state index is 11.2. The van der Waals surface area contributed by atoms with Crippen molar-refractivity contribution in [1.29, 1.82) is 0 Å². The Morgan fingerprint density at radius 1 is 0.941 bits per heavy atom. The fourth-order valence-corrected chi connectivity index (χ4v) is 4.69. The van der Waals surface area contributed by atoms with Gasteiger partial charge in [0, 0.05) is 35.5 Å². The van der Waals surface area contributed by atoms with Crippen molar-refractivity contribution >= 4 is 0 Å². The molecule has 0 aromatic carbocycles. The van der Waals surface area contributed by atoms with Crippen molar-refractivity contribution in [2.75, 3.05) is 0 Å². The monoisotopic (exact) mass is 242 g/mol. The standard InChI is InChI=1S/C10H14N2O5/c13-10-3-7-1-8(5-10,11(14)15)4-9(2-7,6-10)12(16)17/h7,13H,1-6H2. The van der Waals surface area contributed by atoms with Crippen LogP contribution >= 0.6 is 0 Å². The van der Waals surface area contributed by atoms with Crippen molar-refractivity contribution in [2.24, 2.45) is 5.92 Å². The van der Waals surface area contributed by atoms with Crippen LogP contribution in [0.1, 0.15) is 38.5 Å². The van der Waals surface area contributed by atoms with E-state index in [1.807, 2.05) is 0 Å². The number of aliphatic hydroxyl groups is 1. The molecule has 0 aliphatic heterocycles. The first-order valence-electron chi connectivity index (χ1n) is 5.81. The van der Waals surface area contributed by atoms with Gasteiger partial charge in [-0.25, -0.2) is 0 Å². The summed E-state index contributed by atoms with van der Waals surface area (Å²) in [4.78, 5) is 21.7. The van der Waals surface area contributed by atoms with Gasteiger partial charge in [-0.05, 0) is 12.3 Å². The molecule has 0 aromatic heterocycles. The van der Waals surface area contributed by atoms with Crippen LogP contribution in [-0.2, 0) is 0 Å². The lowest BCUT2D eigenvalue weighted by molar-refractivity contribution is -0.649. The zero-order valence-corrected chi connectivity index (χ0v) is 9.29. The molecule has 4 aliphatic carbocycles. The molecule has 4 fully saturated rings. The van der Waals surface area contributed by atoms with Gasteiger partial charge in [0.05, 0.1) is 12.0 Å². The van der Waals surface area contributed by atoms with Gasteiger partial charge in [-0.2, -0.15) is 0 Å². The third kappa shape index (κ3) is 1.25. The number of hydrogen-bond donors (Lipinski definition) is 1. The highest BCUT2D eigenvalue weighted by Gasteiger charge is 2.73. The van der Waals surface area contributed by atoms with Crippen LogP contribution in [0.2, 0.25) is 0 Å². The normalized spacial score (nSPS) is 51.5. The van der Waals surface area contributed by atoms with Gasteiger partial charge in [0.2, 0.25) is 11.1 Å². The Bertz CT molecular complexity index is 393. The largest absolute Gasteiger partial charge is 0.389 e. The molecule has 1 N–H and O–H groups in total. The summed E-state index contributed by atoms with van der Waals surface area (Å²) in [5, 5.41) is 32.8. The molecule has 4 saturated carbocycles. The molecule has 0 radical (unpaired) electrons. The predicted molar refractivity (Wildman–Crippen MR) is 55.6 cm³/mol. The Hall–Kier alpha value is -1.24. The van der Waals surface area contributed by atoms with Crippen molar-refractivity contribution < 1.29 is 15.0 Å². The van der Waals surface area contributed by atoms with E-state index in [-0.39, 0.29) is 35.0 Å². The zero-order chi connectivity index (χ0) is 12.5. The summed E-state index contributed by atoms with van der Waals surface area (Å²) >= 11 is 0. The number of nitrogens with zero attached hydrogens (tertiary/aromatic N) is 2. The molecule has 4 aliphatic rings. The van der Waals surface area contributed by atoms with Gasteiger partial charge < -0.3 is 5.11 Å². The Balaban J connectivity index is 2.09. The minimum absolute atomic E-state index is 0.0151. The van der Waals surface area contributed by atoms with E-state index < -0.39 is 16.7 Å². The van der Waals surface area contributed by atoms with Gasteiger partial charge in [-0.1, -0.05) is 0 Å². The molecule has 0 saturated heterocycles. The third-order valence-electron chi connectivity index (χ3n) is 4.75. The van der Waals surface area contributed by atoms with Crippen LogP contribution in [0.15, 0.2) is 0 Å². The first-order valence-corrected chi connectivity index (χ1v) is 5.81. The van der Waals surface area contributed by atoms with Crippen LogP contribution in [0.4, 0.5) is 0 Å². The molecule has 17 heavy (non-hydrogen) atoms. The second kappa shape index (κ2) is 2.77. The predicted octanol–water partition coefficient (Wildman–Crippen LogP) is 0.746. The van der Waals surface area contributed by atoms with Gasteiger partial charge in [0.15, 0.2) is 0 Å². The van der Waals surface area contributed by atoms with E-state index in [4.69, 9.17) is 0 Å². The number of rotatable bonds is 2. The second-order valence-corrected chi connectivity index (χ2v) is 6.20.